The Morgan fingerprint density at radius 3 is 2.53 bits per heavy atom. The highest BCUT2D eigenvalue weighted by atomic mass is 19.1. The normalized spacial score (nSPS) is 12.2. The van der Waals surface area contributed by atoms with Crippen LogP contribution in [0, 0.1) is 5.82 Å². The topological polar surface area (TPSA) is 40.5 Å². The monoisotopic (exact) mass is 239 g/mol. The van der Waals surface area contributed by atoms with E-state index in [2.05, 4.69) is 0 Å². The molecule has 1 atom stereocenters. The first-order valence-electron chi connectivity index (χ1n) is 5.65. The first-order valence-corrected chi connectivity index (χ1v) is 5.65. The van der Waals surface area contributed by atoms with Gasteiger partial charge in [-0.05, 0) is 23.6 Å². The number of carbonyl (C=O) groups excluding carboxylic acids is 1. The molecule has 0 bridgehead atoms. The van der Waals surface area contributed by atoms with Gasteiger partial charge >= 0.3 is 0 Å². The highest BCUT2D eigenvalue weighted by Crippen LogP contribution is 2.19. The Hall–Kier alpha value is -1.42. The number of rotatable bonds is 5. The first-order chi connectivity index (χ1) is 8.04. The van der Waals surface area contributed by atoms with Crippen LogP contribution in [-0.4, -0.2) is 36.1 Å². The number of hydrogen-bond acceptors (Lipinski definition) is 2. The van der Waals surface area contributed by atoms with Crippen molar-refractivity contribution in [1.29, 1.82) is 0 Å². The molecule has 0 spiro atoms. The highest BCUT2D eigenvalue weighted by Gasteiger charge is 2.14. The van der Waals surface area contributed by atoms with E-state index >= 15 is 0 Å². The summed E-state index contributed by atoms with van der Waals surface area (Å²) < 4.78 is 12.7. The molecule has 1 amide bonds. The van der Waals surface area contributed by atoms with Crippen molar-refractivity contribution in [3.8, 4) is 0 Å². The zero-order chi connectivity index (χ0) is 12.8. The molecule has 1 N–H and O–H groups in total. The van der Waals surface area contributed by atoms with Gasteiger partial charge in [0.25, 0.3) is 0 Å². The summed E-state index contributed by atoms with van der Waals surface area (Å²) in [5, 5.41) is 8.73. The SMILES string of the molecule is CC(CC(=O)N(C)CCO)c1ccc(F)cc1. The van der Waals surface area contributed by atoms with Gasteiger partial charge in [0, 0.05) is 20.0 Å². The van der Waals surface area contributed by atoms with E-state index in [0.29, 0.717) is 13.0 Å². The molecule has 0 heterocycles. The van der Waals surface area contributed by atoms with Crippen LogP contribution in [0.5, 0.6) is 0 Å². The van der Waals surface area contributed by atoms with E-state index in [9.17, 15) is 9.18 Å². The number of carbonyl (C=O) groups is 1. The van der Waals surface area contributed by atoms with Crippen molar-refractivity contribution >= 4 is 5.91 Å². The summed E-state index contributed by atoms with van der Waals surface area (Å²) in [4.78, 5) is 13.2. The number of likely N-dealkylation sites (N-methyl/N-ethyl adjacent to an activating group) is 1. The lowest BCUT2D eigenvalue weighted by Gasteiger charge is -2.18. The smallest absolute Gasteiger partial charge is 0.222 e. The molecule has 94 valence electrons. The van der Waals surface area contributed by atoms with Crippen LogP contribution < -0.4 is 0 Å². The van der Waals surface area contributed by atoms with Crippen LogP contribution in [0.15, 0.2) is 24.3 Å². The molecule has 4 heteroatoms. The molecule has 0 saturated carbocycles. The molecule has 0 fully saturated rings. The number of aliphatic hydroxyl groups is 1. The predicted octanol–water partition coefficient (Wildman–Crippen LogP) is 1.77. The summed E-state index contributed by atoms with van der Waals surface area (Å²) in [6.07, 6.45) is 0.363. The molecule has 0 aliphatic rings. The molecule has 1 rings (SSSR count). The van der Waals surface area contributed by atoms with Crippen molar-refractivity contribution in [2.24, 2.45) is 0 Å². The van der Waals surface area contributed by atoms with E-state index in [0.717, 1.165) is 5.56 Å². The number of nitrogens with zero attached hydrogens (tertiary/aromatic N) is 1. The average Bonchev–Trinajstić information content (AvgIpc) is 2.30. The fourth-order valence-corrected chi connectivity index (χ4v) is 1.60. The van der Waals surface area contributed by atoms with Crippen LogP contribution in [0.4, 0.5) is 4.39 Å². The van der Waals surface area contributed by atoms with Gasteiger partial charge in [-0.1, -0.05) is 19.1 Å². The number of aliphatic hydroxyl groups excluding tert-OH is 1. The number of halogens is 1. The minimum absolute atomic E-state index is 0.0177. The molecule has 0 saturated heterocycles. The van der Waals surface area contributed by atoms with E-state index in [1.165, 1.54) is 17.0 Å². The van der Waals surface area contributed by atoms with Crippen LogP contribution in [0.25, 0.3) is 0 Å². The van der Waals surface area contributed by atoms with Crippen molar-refractivity contribution in [2.45, 2.75) is 19.3 Å². The highest BCUT2D eigenvalue weighted by molar-refractivity contribution is 5.76. The van der Waals surface area contributed by atoms with Crippen molar-refractivity contribution in [3.05, 3.63) is 35.6 Å². The van der Waals surface area contributed by atoms with Gasteiger partial charge < -0.3 is 10.0 Å². The summed E-state index contributed by atoms with van der Waals surface area (Å²) in [6.45, 7) is 2.24. The Morgan fingerprint density at radius 1 is 1.41 bits per heavy atom. The van der Waals surface area contributed by atoms with Crippen LogP contribution in [0.3, 0.4) is 0 Å². The second-order valence-electron chi connectivity index (χ2n) is 4.20. The molecule has 1 aromatic carbocycles. The van der Waals surface area contributed by atoms with E-state index in [-0.39, 0.29) is 24.2 Å². The Balaban J connectivity index is 2.57. The predicted molar refractivity (Wildman–Crippen MR) is 64.2 cm³/mol. The molecular formula is C13H18FNO2. The Kier molecular flexibility index (Phi) is 5.10. The van der Waals surface area contributed by atoms with Crippen LogP contribution >= 0.6 is 0 Å². The van der Waals surface area contributed by atoms with Crippen molar-refractivity contribution in [3.63, 3.8) is 0 Å². The first kappa shape index (κ1) is 13.6. The Morgan fingerprint density at radius 2 is 2.00 bits per heavy atom. The molecule has 1 aromatic rings. The van der Waals surface area contributed by atoms with Gasteiger partial charge in [0.1, 0.15) is 5.82 Å². The zero-order valence-electron chi connectivity index (χ0n) is 10.2. The molecule has 0 radical (unpaired) electrons. The van der Waals surface area contributed by atoms with Crippen molar-refractivity contribution < 1.29 is 14.3 Å². The third kappa shape index (κ3) is 4.15. The zero-order valence-corrected chi connectivity index (χ0v) is 10.2. The van der Waals surface area contributed by atoms with E-state index in [4.69, 9.17) is 5.11 Å². The molecule has 3 nitrogen and oxygen atoms in total. The largest absolute Gasteiger partial charge is 0.395 e. The third-order valence-electron chi connectivity index (χ3n) is 2.78. The van der Waals surface area contributed by atoms with Crippen molar-refractivity contribution in [1.82, 2.24) is 4.90 Å². The fraction of sp³-hybridized carbons (Fsp3) is 0.462. The van der Waals surface area contributed by atoms with Crippen LogP contribution in [0.2, 0.25) is 0 Å². The summed E-state index contributed by atoms with van der Waals surface area (Å²) >= 11 is 0. The van der Waals surface area contributed by atoms with Gasteiger partial charge in [-0.15, -0.1) is 0 Å². The summed E-state index contributed by atoms with van der Waals surface area (Å²) in [6, 6.07) is 6.18. The van der Waals surface area contributed by atoms with Crippen molar-refractivity contribution in [2.75, 3.05) is 20.2 Å². The summed E-state index contributed by atoms with van der Waals surface area (Å²) in [5.74, 6) is -0.246. The van der Waals surface area contributed by atoms with Gasteiger partial charge in [0.2, 0.25) is 5.91 Å². The Labute approximate surface area is 101 Å². The van der Waals surface area contributed by atoms with Gasteiger partial charge in [-0.2, -0.15) is 0 Å². The van der Waals surface area contributed by atoms with Gasteiger partial charge in [-0.3, -0.25) is 4.79 Å². The minimum atomic E-state index is -0.273. The lowest BCUT2D eigenvalue weighted by atomic mass is 9.97. The fourth-order valence-electron chi connectivity index (χ4n) is 1.60. The standard InChI is InChI=1S/C13H18FNO2/c1-10(9-13(17)15(2)7-8-16)11-3-5-12(14)6-4-11/h3-6,10,16H,7-9H2,1-2H3. The molecule has 17 heavy (non-hydrogen) atoms. The van der Waals surface area contributed by atoms with Gasteiger partial charge in [0.05, 0.1) is 6.61 Å². The maximum atomic E-state index is 12.7. The average molecular weight is 239 g/mol. The number of amides is 1. The van der Waals surface area contributed by atoms with Crippen LogP contribution in [-0.2, 0) is 4.79 Å². The molecule has 1 unspecified atom stereocenters. The molecular weight excluding hydrogens is 221 g/mol. The van der Waals surface area contributed by atoms with Gasteiger partial charge in [-0.25, -0.2) is 4.39 Å². The quantitative estimate of drug-likeness (QED) is 0.850. The van der Waals surface area contributed by atoms with E-state index in [1.807, 2.05) is 6.92 Å². The van der Waals surface area contributed by atoms with Gasteiger partial charge in [0.15, 0.2) is 0 Å². The third-order valence-corrected chi connectivity index (χ3v) is 2.78. The van der Waals surface area contributed by atoms with E-state index < -0.39 is 0 Å². The maximum Gasteiger partial charge on any atom is 0.222 e. The van der Waals surface area contributed by atoms with E-state index in [1.54, 1.807) is 19.2 Å². The lowest BCUT2D eigenvalue weighted by Crippen LogP contribution is -2.30. The van der Waals surface area contributed by atoms with Crippen LogP contribution in [0.1, 0.15) is 24.8 Å². The summed E-state index contributed by atoms with van der Waals surface area (Å²) in [7, 11) is 1.66. The maximum absolute atomic E-state index is 12.7. The molecule has 0 aromatic heterocycles. The number of benzene rings is 1. The minimum Gasteiger partial charge on any atom is -0.395 e. The molecule has 0 aliphatic heterocycles. The second kappa shape index (κ2) is 6.35. The number of hydrogen-bond donors (Lipinski definition) is 1. The Bertz CT molecular complexity index is 364. The second-order valence-corrected chi connectivity index (χ2v) is 4.20. The lowest BCUT2D eigenvalue weighted by molar-refractivity contribution is -0.130. The molecule has 0 aliphatic carbocycles. The summed E-state index contributed by atoms with van der Waals surface area (Å²) in [5.41, 5.74) is 0.942.